The number of hydrogen-bond acceptors (Lipinski definition) is 2. The lowest BCUT2D eigenvalue weighted by Crippen LogP contribution is -2.37. The molecule has 2 N–H and O–H groups in total. The van der Waals surface area contributed by atoms with Gasteiger partial charge in [0.1, 0.15) is 0 Å². The number of thiophene rings is 1. The van der Waals surface area contributed by atoms with E-state index >= 15 is 0 Å². The molecule has 0 bridgehead atoms. The smallest absolute Gasteiger partial charge is 0.00963 e. The summed E-state index contributed by atoms with van der Waals surface area (Å²) in [7, 11) is 0. The molecule has 0 aromatic carbocycles. The van der Waals surface area contributed by atoms with E-state index in [1.807, 2.05) is 11.3 Å². The Balaban J connectivity index is 1.84. The highest BCUT2D eigenvalue weighted by Gasteiger charge is 2.34. The van der Waals surface area contributed by atoms with Crippen molar-refractivity contribution in [2.75, 3.05) is 0 Å². The summed E-state index contributed by atoms with van der Waals surface area (Å²) in [6.07, 6.45) is 7.73. The predicted molar refractivity (Wildman–Crippen MR) is 67.2 cm³/mol. The number of rotatable bonds is 4. The molecule has 1 nitrogen and oxygen atoms in total. The molecule has 15 heavy (non-hydrogen) atoms. The Morgan fingerprint density at radius 2 is 2.20 bits per heavy atom. The van der Waals surface area contributed by atoms with Crippen molar-refractivity contribution >= 4 is 11.3 Å². The van der Waals surface area contributed by atoms with Gasteiger partial charge in [0.05, 0.1) is 0 Å². The second-order valence-electron chi connectivity index (χ2n) is 5.09. The first-order valence-electron chi connectivity index (χ1n) is 5.99. The summed E-state index contributed by atoms with van der Waals surface area (Å²) in [4.78, 5) is 1.48. The average Bonchev–Trinajstić information content (AvgIpc) is 2.85. The number of hydrogen-bond donors (Lipinski definition) is 1. The fourth-order valence-electron chi connectivity index (χ4n) is 2.65. The zero-order valence-corrected chi connectivity index (χ0v) is 10.4. The van der Waals surface area contributed by atoms with Crippen LogP contribution < -0.4 is 5.73 Å². The predicted octanol–water partition coefficient (Wildman–Crippen LogP) is 3.59. The molecule has 0 spiro atoms. The van der Waals surface area contributed by atoms with E-state index in [2.05, 4.69) is 24.4 Å². The maximum Gasteiger partial charge on any atom is 0.00963 e. The van der Waals surface area contributed by atoms with Crippen LogP contribution in [-0.2, 0) is 6.42 Å². The lowest BCUT2D eigenvalue weighted by atomic mass is 9.79. The van der Waals surface area contributed by atoms with Gasteiger partial charge in [-0.05, 0) is 42.5 Å². The van der Waals surface area contributed by atoms with Gasteiger partial charge in [-0.15, -0.1) is 11.3 Å². The summed E-state index contributed by atoms with van der Waals surface area (Å²) < 4.78 is 0. The molecule has 1 fully saturated rings. The normalized spacial score (nSPS) is 21.7. The third kappa shape index (κ3) is 2.61. The van der Waals surface area contributed by atoms with Crippen LogP contribution in [0.1, 0.15) is 43.9 Å². The largest absolute Gasteiger partial charge is 0.327 e. The topological polar surface area (TPSA) is 26.0 Å². The van der Waals surface area contributed by atoms with Crippen molar-refractivity contribution in [1.29, 1.82) is 0 Å². The highest BCUT2D eigenvalue weighted by molar-refractivity contribution is 7.09. The van der Waals surface area contributed by atoms with Crippen molar-refractivity contribution in [3.05, 3.63) is 22.4 Å². The molecular formula is C13H21NS. The molecular weight excluding hydrogens is 202 g/mol. The van der Waals surface area contributed by atoms with Crippen LogP contribution in [0.4, 0.5) is 0 Å². The van der Waals surface area contributed by atoms with Gasteiger partial charge in [-0.2, -0.15) is 0 Å². The third-order valence-electron chi connectivity index (χ3n) is 3.92. The quantitative estimate of drug-likeness (QED) is 0.829. The Kier molecular flexibility index (Phi) is 3.47. The van der Waals surface area contributed by atoms with Crippen LogP contribution in [0.5, 0.6) is 0 Å². The molecule has 84 valence electrons. The van der Waals surface area contributed by atoms with E-state index in [1.54, 1.807) is 0 Å². The van der Waals surface area contributed by atoms with Crippen molar-refractivity contribution in [2.45, 2.75) is 51.5 Å². The molecule has 1 atom stereocenters. The third-order valence-corrected chi connectivity index (χ3v) is 4.86. The Labute approximate surface area is 96.7 Å². The van der Waals surface area contributed by atoms with Gasteiger partial charge in [0.2, 0.25) is 0 Å². The van der Waals surface area contributed by atoms with Gasteiger partial charge in [0, 0.05) is 10.9 Å². The van der Waals surface area contributed by atoms with E-state index in [-0.39, 0.29) is 0 Å². The second-order valence-corrected chi connectivity index (χ2v) is 6.12. The highest BCUT2D eigenvalue weighted by Crippen LogP contribution is 2.41. The second kappa shape index (κ2) is 4.67. The van der Waals surface area contributed by atoms with Crippen LogP contribution in [-0.4, -0.2) is 6.04 Å². The minimum atomic E-state index is 0.391. The number of nitrogens with two attached hydrogens (primary N) is 1. The summed E-state index contributed by atoms with van der Waals surface area (Å²) >= 11 is 1.85. The molecule has 0 radical (unpaired) electrons. The maximum atomic E-state index is 6.33. The zero-order valence-electron chi connectivity index (χ0n) is 9.54. The molecule has 1 aromatic heterocycles. The molecule has 1 aliphatic rings. The van der Waals surface area contributed by atoms with E-state index in [4.69, 9.17) is 5.73 Å². The highest BCUT2D eigenvalue weighted by atomic mass is 32.1. The maximum absolute atomic E-state index is 6.33. The average molecular weight is 223 g/mol. The van der Waals surface area contributed by atoms with Gasteiger partial charge < -0.3 is 5.73 Å². The molecule has 1 saturated carbocycles. The van der Waals surface area contributed by atoms with Crippen LogP contribution >= 0.6 is 11.3 Å². The lowest BCUT2D eigenvalue weighted by Gasteiger charge is -2.31. The van der Waals surface area contributed by atoms with Gasteiger partial charge in [0.25, 0.3) is 0 Å². The summed E-state index contributed by atoms with van der Waals surface area (Å²) in [5, 5.41) is 2.15. The van der Waals surface area contributed by atoms with Crippen LogP contribution in [0.25, 0.3) is 0 Å². The number of aryl methyl sites for hydroxylation is 1. The Morgan fingerprint density at radius 3 is 2.80 bits per heavy atom. The van der Waals surface area contributed by atoms with Crippen LogP contribution in [0.2, 0.25) is 0 Å². The van der Waals surface area contributed by atoms with Crippen LogP contribution in [0.15, 0.2) is 17.5 Å². The van der Waals surface area contributed by atoms with E-state index in [9.17, 15) is 0 Å². The lowest BCUT2D eigenvalue weighted by molar-refractivity contribution is 0.251. The first-order valence-corrected chi connectivity index (χ1v) is 6.87. The fourth-order valence-corrected chi connectivity index (χ4v) is 3.38. The summed E-state index contributed by atoms with van der Waals surface area (Å²) in [5.41, 5.74) is 6.76. The van der Waals surface area contributed by atoms with Crippen LogP contribution in [0.3, 0.4) is 0 Å². The van der Waals surface area contributed by atoms with Gasteiger partial charge in [-0.1, -0.05) is 25.8 Å². The van der Waals surface area contributed by atoms with E-state index in [1.165, 1.54) is 30.6 Å². The molecule has 0 amide bonds. The molecule has 2 rings (SSSR count). The fraction of sp³-hybridized carbons (Fsp3) is 0.692. The zero-order chi connectivity index (χ0) is 10.7. The minimum Gasteiger partial charge on any atom is -0.327 e. The summed E-state index contributed by atoms with van der Waals surface area (Å²) in [6, 6.07) is 4.74. The van der Waals surface area contributed by atoms with Crippen molar-refractivity contribution in [2.24, 2.45) is 11.1 Å². The Morgan fingerprint density at radius 1 is 1.47 bits per heavy atom. The van der Waals surface area contributed by atoms with Gasteiger partial charge in [-0.25, -0.2) is 0 Å². The molecule has 2 heteroatoms. The van der Waals surface area contributed by atoms with Gasteiger partial charge >= 0.3 is 0 Å². The molecule has 1 aromatic rings. The Hall–Kier alpha value is -0.340. The Bertz CT molecular complexity index is 285. The molecule has 1 aliphatic carbocycles. The minimum absolute atomic E-state index is 0.391. The first kappa shape index (κ1) is 11.2. The molecule has 0 saturated heterocycles. The van der Waals surface area contributed by atoms with Crippen molar-refractivity contribution < 1.29 is 0 Å². The molecule has 0 aliphatic heterocycles. The standard InChI is InChI=1S/C13H21NS/c1-13(8-2-3-9-13)12(14)7-6-11-5-4-10-15-11/h4-5,10,12H,2-3,6-9,14H2,1H3. The van der Waals surface area contributed by atoms with Gasteiger partial charge in [-0.3, -0.25) is 0 Å². The van der Waals surface area contributed by atoms with E-state index < -0.39 is 0 Å². The van der Waals surface area contributed by atoms with E-state index in [0.717, 1.165) is 12.8 Å². The van der Waals surface area contributed by atoms with Gasteiger partial charge in [0.15, 0.2) is 0 Å². The summed E-state index contributed by atoms with van der Waals surface area (Å²) in [5.74, 6) is 0. The molecule has 1 unspecified atom stereocenters. The monoisotopic (exact) mass is 223 g/mol. The summed E-state index contributed by atoms with van der Waals surface area (Å²) in [6.45, 7) is 2.37. The van der Waals surface area contributed by atoms with Crippen LogP contribution in [0, 0.1) is 5.41 Å². The first-order chi connectivity index (χ1) is 7.21. The SMILES string of the molecule is CC1(C(N)CCc2cccs2)CCCC1. The van der Waals surface area contributed by atoms with Crippen molar-refractivity contribution in [1.82, 2.24) is 0 Å². The molecule has 1 heterocycles. The van der Waals surface area contributed by atoms with Crippen molar-refractivity contribution in [3.63, 3.8) is 0 Å². The van der Waals surface area contributed by atoms with E-state index in [0.29, 0.717) is 11.5 Å². The van der Waals surface area contributed by atoms with Crippen molar-refractivity contribution in [3.8, 4) is 0 Å².